The predicted octanol–water partition coefficient (Wildman–Crippen LogP) is 2.38. The smallest absolute Gasteiger partial charge is 0.409 e. The number of ether oxygens (including phenoxy) is 2. The lowest BCUT2D eigenvalue weighted by Gasteiger charge is -2.41. The molecule has 2 rings (SSSR count). The molecule has 2 aliphatic heterocycles. The summed E-state index contributed by atoms with van der Waals surface area (Å²) in [5.41, 5.74) is 0. The number of likely N-dealkylation sites (tertiary alicyclic amines) is 2. The Morgan fingerprint density at radius 3 is 2.46 bits per heavy atom. The van der Waals surface area contributed by atoms with Gasteiger partial charge < -0.3 is 14.4 Å². The van der Waals surface area contributed by atoms with E-state index in [9.17, 15) is 27.6 Å². The Balaban J connectivity index is 2.08. The van der Waals surface area contributed by atoms with Crippen LogP contribution in [0.5, 0.6) is 0 Å². The van der Waals surface area contributed by atoms with E-state index in [1.807, 2.05) is 0 Å². The van der Waals surface area contributed by atoms with E-state index in [-0.39, 0.29) is 51.3 Å². The number of amides is 1. The van der Waals surface area contributed by atoms with Crippen LogP contribution in [0.1, 0.15) is 39.0 Å². The average molecular weight is 408 g/mol. The fourth-order valence-corrected chi connectivity index (χ4v) is 4.06. The summed E-state index contributed by atoms with van der Waals surface area (Å²) in [6.45, 7) is 2.31. The van der Waals surface area contributed by atoms with Gasteiger partial charge >= 0.3 is 18.2 Å². The molecule has 0 bridgehead atoms. The molecule has 0 unspecified atom stereocenters. The number of esters is 1. The first-order chi connectivity index (χ1) is 13.2. The molecule has 2 saturated heterocycles. The molecule has 3 atom stereocenters. The molecule has 0 N–H and O–H groups in total. The average Bonchev–Trinajstić information content (AvgIpc) is 3.09. The lowest BCUT2D eigenvalue weighted by atomic mass is 9.86. The summed E-state index contributed by atoms with van der Waals surface area (Å²) in [6.07, 6.45) is -4.32. The van der Waals surface area contributed by atoms with Crippen molar-refractivity contribution >= 4 is 17.8 Å². The first-order valence-electron chi connectivity index (χ1n) is 9.51. The maximum absolute atomic E-state index is 13.3. The van der Waals surface area contributed by atoms with Gasteiger partial charge in [0, 0.05) is 25.0 Å². The van der Waals surface area contributed by atoms with Crippen LogP contribution in [-0.2, 0) is 19.1 Å². The molecule has 28 heavy (non-hydrogen) atoms. The number of hydrogen-bond acceptors (Lipinski definition) is 6. The van der Waals surface area contributed by atoms with Crippen LogP contribution < -0.4 is 0 Å². The van der Waals surface area contributed by atoms with E-state index < -0.39 is 36.2 Å². The van der Waals surface area contributed by atoms with Crippen molar-refractivity contribution in [2.45, 2.75) is 57.3 Å². The van der Waals surface area contributed by atoms with Crippen LogP contribution in [-0.4, -0.2) is 79.3 Å². The van der Waals surface area contributed by atoms with Gasteiger partial charge in [-0.15, -0.1) is 0 Å². The normalized spacial score (nSPS) is 26.2. The number of carbonyl (C=O) groups excluding carboxylic acids is 3. The van der Waals surface area contributed by atoms with Crippen LogP contribution in [0.15, 0.2) is 0 Å². The molecule has 0 spiro atoms. The maximum atomic E-state index is 13.3. The fourth-order valence-electron chi connectivity index (χ4n) is 4.06. The van der Waals surface area contributed by atoms with Crippen molar-refractivity contribution in [2.75, 3.05) is 33.4 Å². The van der Waals surface area contributed by atoms with Crippen LogP contribution in [0, 0.1) is 5.92 Å². The summed E-state index contributed by atoms with van der Waals surface area (Å²) in [7, 11) is 1.21. The minimum absolute atomic E-state index is 0.0163. The van der Waals surface area contributed by atoms with E-state index in [1.165, 1.54) is 16.9 Å². The van der Waals surface area contributed by atoms with Crippen molar-refractivity contribution < 1.29 is 37.0 Å². The fraction of sp³-hybridized carbons (Fsp3) is 0.833. The van der Waals surface area contributed by atoms with E-state index in [0.29, 0.717) is 12.8 Å². The Bertz CT molecular complexity index is 584. The third-order valence-electron chi connectivity index (χ3n) is 5.39. The van der Waals surface area contributed by atoms with Crippen LogP contribution in [0.2, 0.25) is 0 Å². The highest BCUT2D eigenvalue weighted by Gasteiger charge is 2.47. The van der Waals surface area contributed by atoms with Gasteiger partial charge in [0.05, 0.1) is 13.7 Å². The van der Waals surface area contributed by atoms with Crippen LogP contribution in [0.25, 0.3) is 0 Å². The molecule has 2 aliphatic rings. The molecule has 2 fully saturated rings. The molecule has 7 nitrogen and oxygen atoms in total. The largest absolute Gasteiger partial charge is 0.466 e. The Morgan fingerprint density at radius 2 is 1.86 bits per heavy atom. The zero-order valence-corrected chi connectivity index (χ0v) is 16.2. The van der Waals surface area contributed by atoms with Crippen molar-refractivity contribution in [3.8, 4) is 0 Å². The summed E-state index contributed by atoms with van der Waals surface area (Å²) < 4.78 is 49.3. The third kappa shape index (κ3) is 5.59. The number of Topliss-reactive ketones (excluding diaryl/α,β-unsaturated/α-hetero) is 1. The molecule has 0 saturated carbocycles. The number of piperidine rings is 1. The molecule has 0 radical (unpaired) electrons. The van der Waals surface area contributed by atoms with Crippen molar-refractivity contribution in [2.24, 2.45) is 5.92 Å². The van der Waals surface area contributed by atoms with Crippen molar-refractivity contribution in [3.63, 3.8) is 0 Å². The van der Waals surface area contributed by atoms with E-state index in [2.05, 4.69) is 0 Å². The molecule has 0 aromatic rings. The number of ketones is 1. The number of nitrogens with zero attached hydrogens (tertiary/aromatic N) is 2. The SMILES string of the molecule is CCOC(=O)CC(=O)[C@H]1CCN(C(=O)OC)[C@H](CN2CCC[C@@H]2C(F)(F)F)C1. The molecule has 160 valence electrons. The number of alkyl halides is 3. The summed E-state index contributed by atoms with van der Waals surface area (Å²) in [4.78, 5) is 38.8. The lowest BCUT2D eigenvalue weighted by molar-refractivity contribution is -0.177. The first-order valence-corrected chi connectivity index (χ1v) is 9.51. The highest BCUT2D eigenvalue weighted by Crippen LogP contribution is 2.34. The van der Waals surface area contributed by atoms with Crippen molar-refractivity contribution in [1.29, 1.82) is 0 Å². The van der Waals surface area contributed by atoms with Gasteiger partial charge in [0.1, 0.15) is 18.2 Å². The summed E-state index contributed by atoms with van der Waals surface area (Å²) in [5, 5.41) is 0. The summed E-state index contributed by atoms with van der Waals surface area (Å²) in [5.74, 6) is -1.42. The van der Waals surface area contributed by atoms with Gasteiger partial charge in [0.15, 0.2) is 0 Å². The standard InChI is InChI=1S/C18H27F3N2O5/c1-3-28-16(25)10-14(24)12-6-8-23(17(26)27-2)13(9-12)11-22-7-4-5-15(22)18(19,20)21/h12-13,15H,3-11H2,1-2H3/t12-,13-,15+/m0/s1. The quantitative estimate of drug-likeness (QED) is 0.496. The van der Waals surface area contributed by atoms with Crippen molar-refractivity contribution in [1.82, 2.24) is 9.80 Å². The van der Waals surface area contributed by atoms with E-state index in [4.69, 9.17) is 9.47 Å². The Morgan fingerprint density at radius 1 is 1.14 bits per heavy atom. The number of halogens is 3. The molecule has 10 heteroatoms. The first kappa shape index (κ1) is 22.4. The third-order valence-corrected chi connectivity index (χ3v) is 5.39. The van der Waals surface area contributed by atoms with Crippen LogP contribution in [0.4, 0.5) is 18.0 Å². The van der Waals surface area contributed by atoms with E-state index >= 15 is 0 Å². The van der Waals surface area contributed by atoms with E-state index in [1.54, 1.807) is 6.92 Å². The second kappa shape index (κ2) is 9.58. The van der Waals surface area contributed by atoms with Crippen molar-refractivity contribution in [3.05, 3.63) is 0 Å². The maximum Gasteiger partial charge on any atom is 0.409 e. The molecule has 0 aromatic heterocycles. The molecule has 2 heterocycles. The Kier molecular flexibility index (Phi) is 7.68. The van der Waals surface area contributed by atoms with Crippen LogP contribution >= 0.6 is 0 Å². The topological polar surface area (TPSA) is 76.2 Å². The minimum atomic E-state index is -4.33. The van der Waals surface area contributed by atoms with Gasteiger partial charge in [0.25, 0.3) is 0 Å². The van der Waals surface area contributed by atoms with Gasteiger partial charge in [-0.1, -0.05) is 0 Å². The highest BCUT2D eigenvalue weighted by molar-refractivity contribution is 5.96. The lowest BCUT2D eigenvalue weighted by Crippen LogP contribution is -2.54. The minimum Gasteiger partial charge on any atom is -0.466 e. The number of hydrogen-bond donors (Lipinski definition) is 0. The molecule has 0 aromatic carbocycles. The second-order valence-electron chi connectivity index (χ2n) is 7.18. The number of rotatable bonds is 6. The Labute approximate surface area is 162 Å². The summed E-state index contributed by atoms with van der Waals surface area (Å²) in [6, 6.07) is -2.12. The number of carbonyl (C=O) groups is 3. The van der Waals surface area contributed by atoms with Gasteiger partial charge in [-0.05, 0) is 39.2 Å². The van der Waals surface area contributed by atoms with Gasteiger partial charge in [0.2, 0.25) is 0 Å². The molecular weight excluding hydrogens is 381 g/mol. The van der Waals surface area contributed by atoms with Gasteiger partial charge in [-0.25, -0.2) is 4.79 Å². The van der Waals surface area contributed by atoms with Crippen LogP contribution in [0.3, 0.4) is 0 Å². The van der Waals surface area contributed by atoms with Gasteiger partial charge in [-0.3, -0.25) is 14.5 Å². The second-order valence-corrected chi connectivity index (χ2v) is 7.18. The number of methoxy groups -OCH3 is 1. The molecule has 1 amide bonds. The molecule has 0 aliphatic carbocycles. The summed E-state index contributed by atoms with van der Waals surface area (Å²) >= 11 is 0. The highest BCUT2D eigenvalue weighted by atomic mass is 19.4. The zero-order valence-electron chi connectivity index (χ0n) is 16.2. The van der Waals surface area contributed by atoms with Gasteiger partial charge in [-0.2, -0.15) is 13.2 Å². The predicted molar refractivity (Wildman–Crippen MR) is 92.5 cm³/mol. The monoisotopic (exact) mass is 408 g/mol. The Hall–Kier alpha value is -1.84. The van der Waals surface area contributed by atoms with E-state index in [0.717, 1.165) is 0 Å². The zero-order chi connectivity index (χ0) is 20.9. The molecular formula is C18H27F3N2O5.